The summed E-state index contributed by atoms with van der Waals surface area (Å²) >= 11 is 1.16. The van der Waals surface area contributed by atoms with E-state index in [-0.39, 0.29) is 17.1 Å². The molecule has 1 amide bonds. The number of hydrogen-bond acceptors (Lipinski definition) is 6. The van der Waals surface area contributed by atoms with Crippen LogP contribution in [0, 0.1) is 10.1 Å². The van der Waals surface area contributed by atoms with Crippen LogP contribution in [0.15, 0.2) is 12.1 Å². The minimum absolute atomic E-state index is 0.0646. The molecule has 0 aromatic carbocycles. The molecule has 1 aliphatic rings. The molecule has 0 spiro atoms. The molecule has 1 aromatic heterocycles. The Bertz CT molecular complexity index is 538. The standard InChI is InChI=1S/C13H19N3O4S/c1-13(2,3)20-12(17)15-10-6-9(10)14-7-8-4-5-11(21-8)16(18)19/h4-5,9-10,14H,6-7H2,1-3H3,(H,15,17). The molecule has 1 saturated carbocycles. The summed E-state index contributed by atoms with van der Waals surface area (Å²) in [5.74, 6) is 0. The van der Waals surface area contributed by atoms with Crippen molar-refractivity contribution in [2.75, 3.05) is 0 Å². The normalized spacial score (nSPS) is 20.9. The number of nitrogens with zero attached hydrogens (tertiary/aromatic N) is 1. The second-order valence-corrected chi connectivity index (χ2v) is 7.12. The number of hydrogen-bond donors (Lipinski definition) is 2. The second kappa shape index (κ2) is 5.98. The fraction of sp³-hybridized carbons (Fsp3) is 0.615. The van der Waals surface area contributed by atoms with Crippen LogP contribution in [-0.2, 0) is 11.3 Å². The molecule has 2 atom stereocenters. The van der Waals surface area contributed by atoms with Crippen LogP contribution in [0.1, 0.15) is 32.1 Å². The van der Waals surface area contributed by atoms with Crippen molar-refractivity contribution in [3.05, 3.63) is 27.1 Å². The molecule has 8 heteroatoms. The number of carbonyl (C=O) groups excluding carboxylic acids is 1. The highest BCUT2D eigenvalue weighted by molar-refractivity contribution is 7.15. The first-order valence-electron chi connectivity index (χ1n) is 6.70. The SMILES string of the molecule is CC(C)(C)OC(=O)NC1CC1NCc1ccc([N+](=O)[O-])s1. The molecule has 1 heterocycles. The first-order valence-corrected chi connectivity index (χ1v) is 7.52. The lowest BCUT2D eigenvalue weighted by molar-refractivity contribution is -0.380. The van der Waals surface area contributed by atoms with Crippen LogP contribution < -0.4 is 10.6 Å². The van der Waals surface area contributed by atoms with Gasteiger partial charge in [0.15, 0.2) is 0 Å². The van der Waals surface area contributed by atoms with Crippen molar-refractivity contribution in [3.8, 4) is 0 Å². The Morgan fingerprint density at radius 1 is 1.48 bits per heavy atom. The molecule has 0 saturated heterocycles. The Morgan fingerprint density at radius 3 is 2.76 bits per heavy atom. The zero-order valence-electron chi connectivity index (χ0n) is 12.2. The lowest BCUT2D eigenvalue weighted by atomic mass is 10.2. The van der Waals surface area contributed by atoms with E-state index in [0.29, 0.717) is 6.54 Å². The average Bonchev–Trinajstić information content (AvgIpc) is 2.87. The number of alkyl carbamates (subject to hydrolysis) is 1. The van der Waals surface area contributed by atoms with Crippen molar-refractivity contribution in [3.63, 3.8) is 0 Å². The molecule has 1 fully saturated rings. The maximum absolute atomic E-state index is 11.6. The molecule has 0 radical (unpaired) electrons. The minimum atomic E-state index is -0.502. The Balaban J connectivity index is 1.70. The summed E-state index contributed by atoms with van der Waals surface area (Å²) in [6, 6.07) is 3.51. The molecule has 2 N–H and O–H groups in total. The molecule has 2 unspecified atom stereocenters. The highest BCUT2D eigenvalue weighted by Gasteiger charge is 2.38. The van der Waals surface area contributed by atoms with E-state index >= 15 is 0 Å². The number of thiophene rings is 1. The summed E-state index contributed by atoms with van der Waals surface area (Å²) in [5.41, 5.74) is -0.502. The zero-order valence-corrected chi connectivity index (χ0v) is 13.0. The van der Waals surface area contributed by atoms with Gasteiger partial charge in [-0.3, -0.25) is 10.1 Å². The van der Waals surface area contributed by atoms with E-state index in [1.54, 1.807) is 6.07 Å². The van der Waals surface area contributed by atoms with Gasteiger partial charge in [-0.15, -0.1) is 0 Å². The lowest BCUT2D eigenvalue weighted by Gasteiger charge is -2.19. The Kier molecular flexibility index (Phi) is 4.48. The average molecular weight is 313 g/mol. The fourth-order valence-electron chi connectivity index (χ4n) is 1.83. The van der Waals surface area contributed by atoms with Gasteiger partial charge in [-0.2, -0.15) is 0 Å². The maximum Gasteiger partial charge on any atom is 0.407 e. The molecular formula is C13H19N3O4S. The van der Waals surface area contributed by atoms with Gasteiger partial charge in [0.05, 0.1) is 4.92 Å². The van der Waals surface area contributed by atoms with Crippen LogP contribution in [0.25, 0.3) is 0 Å². The van der Waals surface area contributed by atoms with Crippen LogP contribution in [0.4, 0.5) is 9.80 Å². The third-order valence-electron chi connectivity index (χ3n) is 2.86. The Labute approximate surface area is 126 Å². The van der Waals surface area contributed by atoms with Gasteiger partial charge >= 0.3 is 11.1 Å². The lowest BCUT2D eigenvalue weighted by Crippen LogP contribution is -2.36. The third-order valence-corrected chi connectivity index (χ3v) is 3.90. The first-order chi connectivity index (χ1) is 9.74. The molecular weight excluding hydrogens is 294 g/mol. The second-order valence-electron chi connectivity index (χ2n) is 5.97. The van der Waals surface area contributed by atoms with E-state index < -0.39 is 16.6 Å². The van der Waals surface area contributed by atoms with E-state index in [1.165, 1.54) is 6.07 Å². The smallest absolute Gasteiger partial charge is 0.407 e. The maximum atomic E-state index is 11.6. The van der Waals surface area contributed by atoms with Crippen molar-refractivity contribution >= 4 is 22.4 Å². The van der Waals surface area contributed by atoms with Crippen LogP contribution in [0.3, 0.4) is 0 Å². The number of ether oxygens (including phenoxy) is 1. The Hall–Kier alpha value is -1.67. The molecule has 1 aliphatic carbocycles. The topological polar surface area (TPSA) is 93.5 Å². The van der Waals surface area contributed by atoms with E-state index in [9.17, 15) is 14.9 Å². The molecule has 0 bridgehead atoms. The highest BCUT2D eigenvalue weighted by Crippen LogP contribution is 2.26. The largest absolute Gasteiger partial charge is 0.444 e. The van der Waals surface area contributed by atoms with Crippen LogP contribution in [0.2, 0.25) is 0 Å². The predicted octanol–water partition coefficient (Wildman–Crippen LogP) is 2.41. The van der Waals surface area contributed by atoms with Gasteiger partial charge in [-0.05, 0) is 33.3 Å². The molecule has 116 valence electrons. The summed E-state index contributed by atoms with van der Waals surface area (Å²) in [6.07, 6.45) is 0.427. The van der Waals surface area contributed by atoms with Crippen molar-refractivity contribution in [2.45, 2.75) is 51.4 Å². The van der Waals surface area contributed by atoms with Crippen LogP contribution >= 0.6 is 11.3 Å². The van der Waals surface area contributed by atoms with E-state index in [1.807, 2.05) is 20.8 Å². The first kappa shape index (κ1) is 15.7. The van der Waals surface area contributed by atoms with Crippen molar-refractivity contribution in [1.82, 2.24) is 10.6 Å². The number of nitrogens with one attached hydrogen (secondary N) is 2. The minimum Gasteiger partial charge on any atom is -0.444 e. The molecule has 0 aliphatic heterocycles. The van der Waals surface area contributed by atoms with Gasteiger partial charge in [-0.25, -0.2) is 4.79 Å². The zero-order chi connectivity index (χ0) is 15.6. The van der Waals surface area contributed by atoms with Gasteiger partial charge in [0.1, 0.15) is 5.60 Å². The number of nitro groups is 1. The number of rotatable bonds is 5. The van der Waals surface area contributed by atoms with Crippen molar-refractivity contribution in [1.29, 1.82) is 0 Å². The predicted molar refractivity (Wildman–Crippen MR) is 79.4 cm³/mol. The molecule has 2 rings (SSSR count). The monoisotopic (exact) mass is 313 g/mol. The molecule has 21 heavy (non-hydrogen) atoms. The van der Waals surface area contributed by atoms with Crippen molar-refractivity contribution in [2.24, 2.45) is 0 Å². The van der Waals surface area contributed by atoms with Crippen LogP contribution in [-0.4, -0.2) is 28.7 Å². The summed E-state index contributed by atoms with van der Waals surface area (Å²) < 4.78 is 5.18. The van der Waals surface area contributed by atoms with Gasteiger partial charge < -0.3 is 15.4 Å². The third kappa shape index (κ3) is 4.98. The summed E-state index contributed by atoms with van der Waals surface area (Å²) in [6.45, 7) is 6.02. The quantitative estimate of drug-likeness (QED) is 0.643. The number of amides is 1. The van der Waals surface area contributed by atoms with E-state index in [2.05, 4.69) is 10.6 Å². The van der Waals surface area contributed by atoms with Crippen LogP contribution in [0.5, 0.6) is 0 Å². The molecule has 7 nitrogen and oxygen atoms in total. The number of carbonyl (C=O) groups is 1. The van der Waals surface area contributed by atoms with Gasteiger partial charge in [-0.1, -0.05) is 11.3 Å². The fourth-order valence-corrected chi connectivity index (χ4v) is 2.60. The molecule has 1 aromatic rings. The summed E-state index contributed by atoms with van der Waals surface area (Å²) in [5, 5.41) is 16.8. The van der Waals surface area contributed by atoms with E-state index in [4.69, 9.17) is 4.74 Å². The summed E-state index contributed by atoms with van der Waals surface area (Å²) in [7, 11) is 0. The van der Waals surface area contributed by atoms with Gasteiger partial charge in [0.25, 0.3) is 0 Å². The Morgan fingerprint density at radius 2 is 2.19 bits per heavy atom. The summed E-state index contributed by atoms with van der Waals surface area (Å²) in [4.78, 5) is 22.7. The highest BCUT2D eigenvalue weighted by atomic mass is 32.1. The van der Waals surface area contributed by atoms with E-state index in [0.717, 1.165) is 22.6 Å². The van der Waals surface area contributed by atoms with Crippen molar-refractivity contribution < 1.29 is 14.5 Å². The van der Waals surface area contributed by atoms with Gasteiger partial charge in [0.2, 0.25) is 0 Å². The van der Waals surface area contributed by atoms with Gasteiger partial charge in [0, 0.05) is 29.6 Å².